The Balaban J connectivity index is 0.000000302. The van der Waals surface area contributed by atoms with Crippen molar-refractivity contribution in [2.75, 3.05) is 19.3 Å². The van der Waals surface area contributed by atoms with Gasteiger partial charge in [-0.25, -0.2) is 14.8 Å². The fourth-order valence-electron chi connectivity index (χ4n) is 3.74. The summed E-state index contributed by atoms with van der Waals surface area (Å²) >= 11 is 1.55. The van der Waals surface area contributed by atoms with Crippen LogP contribution in [0.2, 0.25) is 0 Å². The zero-order valence-electron chi connectivity index (χ0n) is 20.1. The normalized spacial score (nSPS) is 15.4. The third kappa shape index (κ3) is 8.55. The van der Waals surface area contributed by atoms with Crippen LogP contribution in [0.4, 0.5) is 0 Å². The van der Waals surface area contributed by atoms with Crippen molar-refractivity contribution < 1.29 is 39.9 Å². The fraction of sp³-hybridized carbons (Fsp3) is 0.458. The van der Waals surface area contributed by atoms with E-state index in [1.165, 1.54) is 5.56 Å². The van der Waals surface area contributed by atoms with E-state index in [0.29, 0.717) is 0 Å². The zero-order chi connectivity index (χ0) is 26.9. The van der Waals surface area contributed by atoms with Gasteiger partial charge in [-0.1, -0.05) is 41.6 Å². The molecule has 3 rings (SSSR count). The first-order valence-electron chi connectivity index (χ1n) is 11.1. The van der Waals surface area contributed by atoms with Crippen LogP contribution in [-0.4, -0.2) is 83.3 Å². The SMILES string of the molecule is CSc1ncc(CN2CCC(O)(c3ccc(C)cc3)CC2)cn1.O=C(O)CC(O)(CC(=O)O)C(=O)O. The van der Waals surface area contributed by atoms with Gasteiger partial charge in [0.25, 0.3) is 0 Å². The van der Waals surface area contributed by atoms with E-state index in [4.69, 9.17) is 20.4 Å². The van der Waals surface area contributed by atoms with Crippen LogP contribution in [-0.2, 0) is 26.5 Å². The van der Waals surface area contributed by atoms with E-state index in [-0.39, 0.29) is 0 Å². The van der Waals surface area contributed by atoms with Crippen molar-refractivity contribution >= 4 is 29.7 Å². The highest BCUT2D eigenvalue weighted by Crippen LogP contribution is 2.33. The number of aliphatic carboxylic acids is 3. The van der Waals surface area contributed by atoms with Crippen LogP contribution in [0.1, 0.15) is 42.4 Å². The molecule has 1 aliphatic heterocycles. The van der Waals surface area contributed by atoms with Gasteiger partial charge in [0.1, 0.15) is 0 Å². The first-order chi connectivity index (χ1) is 16.9. The average molecular weight is 522 g/mol. The third-order valence-electron chi connectivity index (χ3n) is 5.83. The Bertz CT molecular complexity index is 1020. The molecule has 0 radical (unpaired) electrons. The predicted molar refractivity (Wildman–Crippen MR) is 130 cm³/mol. The Morgan fingerprint density at radius 2 is 1.50 bits per heavy atom. The Kier molecular flexibility index (Phi) is 10.3. The minimum absolute atomic E-state index is 0.691. The van der Waals surface area contributed by atoms with Gasteiger partial charge >= 0.3 is 17.9 Å². The molecular weight excluding hydrogens is 490 g/mol. The quantitative estimate of drug-likeness (QED) is 0.238. The lowest BCUT2D eigenvalue weighted by Gasteiger charge is -2.38. The first kappa shape index (κ1) is 29.2. The minimum Gasteiger partial charge on any atom is -0.481 e. The second kappa shape index (κ2) is 12.8. The van der Waals surface area contributed by atoms with Gasteiger partial charge in [0, 0.05) is 37.6 Å². The molecule has 0 saturated carbocycles. The molecule has 36 heavy (non-hydrogen) atoms. The number of piperidine rings is 1. The summed E-state index contributed by atoms with van der Waals surface area (Å²) < 4.78 is 0. The van der Waals surface area contributed by atoms with Crippen molar-refractivity contribution in [2.24, 2.45) is 0 Å². The Labute approximate surface area is 212 Å². The lowest BCUT2D eigenvalue weighted by atomic mass is 9.84. The van der Waals surface area contributed by atoms with Crippen LogP contribution in [0.3, 0.4) is 0 Å². The van der Waals surface area contributed by atoms with Gasteiger partial charge in [-0.2, -0.15) is 0 Å². The van der Waals surface area contributed by atoms with Crippen molar-refractivity contribution in [3.63, 3.8) is 0 Å². The van der Waals surface area contributed by atoms with E-state index in [2.05, 4.69) is 46.1 Å². The van der Waals surface area contributed by atoms with Crippen molar-refractivity contribution in [2.45, 2.75) is 55.5 Å². The van der Waals surface area contributed by atoms with Gasteiger partial charge in [0.05, 0.1) is 18.4 Å². The maximum Gasteiger partial charge on any atom is 0.336 e. The largest absolute Gasteiger partial charge is 0.481 e. The number of carboxylic acids is 3. The summed E-state index contributed by atoms with van der Waals surface area (Å²) in [6, 6.07) is 8.26. The Hall–Kier alpha value is -3.06. The van der Waals surface area contributed by atoms with Gasteiger partial charge in [0.2, 0.25) is 0 Å². The number of hydrogen-bond acceptors (Lipinski definition) is 9. The predicted octanol–water partition coefficient (Wildman–Crippen LogP) is 1.74. The second-order valence-electron chi connectivity index (χ2n) is 8.73. The summed E-state index contributed by atoms with van der Waals surface area (Å²) in [4.78, 5) is 41.5. The van der Waals surface area contributed by atoms with Gasteiger partial charge in [-0.15, -0.1) is 0 Å². The zero-order valence-corrected chi connectivity index (χ0v) is 20.9. The van der Waals surface area contributed by atoms with Crippen molar-refractivity contribution in [1.29, 1.82) is 0 Å². The summed E-state index contributed by atoms with van der Waals surface area (Å²) in [5.74, 6) is -5.02. The standard InChI is InChI=1S/C18H23N3OS.C6H8O7/c1-14-3-5-16(6-4-14)18(22)7-9-21(10-8-18)13-15-11-19-17(23-2)20-12-15;7-3(8)1-6(13,5(11)12)2-4(9)10/h3-6,11-12,22H,7-10,13H2,1-2H3;13H,1-2H2,(H,7,8)(H,9,10)(H,11,12). The summed E-state index contributed by atoms with van der Waals surface area (Å²) in [5, 5.41) is 45.5. The van der Waals surface area contributed by atoms with Gasteiger partial charge in [0.15, 0.2) is 10.8 Å². The molecular formula is C24H31N3O8S. The molecule has 0 atom stereocenters. The van der Waals surface area contributed by atoms with Crippen molar-refractivity contribution in [3.8, 4) is 0 Å². The molecule has 2 aromatic rings. The topological polar surface area (TPSA) is 181 Å². The van der Waals surface area contributed by atoms with E-state index in [1.807, 2.05) is 18.6 Å². The summed E-state index contributed by atoms with van der Waals surface area (Å²) in [6.07, 6.45) is 5.02. The first-order valence-corrected chi connectivity index (χ1v) is 12.4. The van der Waals surface area contributed by atoms with E-state index in [1.54, 1.807) is 11.8 Å². The summed E-state index contributed by atoms with van der Waals surface area (Å²) in [7, 11) is 0. The van der Waals surface area contributed by atoms with Crippen LogP contribution in [0, 0.1) is 6.92 Å². The van der Waals surface area contributed by atoms with Crippen LogP contribution in [0.5, 0.6) is 0 Å². The lowest BCUT2D eigenvalue weighted by Crippen LogP contribution is -2.42. The number of aryl methyl sites for hydroxylation is 1. The maximum absolute atomic E-state index is 10.9. The third-order valence-corrected chi connectivity index (χ3v) is 6.40. The molecule has 0 unspecified atom stereocenters. The molecule has 0 spiro atoms. The molecule has 5 N–H and O–H groups in total. The van der Waals surface area contributed by atoms with Gasteiger partial charge in [-0.05, 0) is 31.6 Å². The molecule has 0 amide bonds. The molecule has 12 heteroatoms. The highest BCUT2D eigenvalue weighted by atomic mass is 32.2. The van der Waals surface area contributed by atoms with Gasteiger partial charge < -0.3 is 25.5 Å². The summed E-state index contributed by atoms with van der Waals surface area (Å²) in [5.41, 5.74) is -0.0383. The average Bonchev–Trinajstić information content (AvgIpc) is 2.81. The van der Waals surface area contributed by atoms with Gasteiger partial charge in [-0.3, -0.25) is 14.5 Å². The number of likely N-dealkylation sites (tertiary alicyclic amines) is 1. The molecule has 1 aromatic carbocycles. The Morgan fingerprint density at radius 3 is 1.92 bits per heavy atom. The molecule has 1 saturated heterocycles. The minimum atomic E-state index is -2.74. The van der Waals surface area contributed by atoms with Crippen LogP contribution < -0.4 is 0 Å². The molecule has 1 aliphatic rings. The number of aromatic nitrogens is 2. The number of benzene rings is 1. The van der Waals surface area contributed by atoms with Crippen LogP contribution in [0.25, 0.3) is 0 Å². The number of thioether (sulfide) groups is 1. The number of aliphatic hydroxyl groups is 2. The van der Waals surface area contributed by atoms with E-state index >= 15 is 0 Å². The molecule has 0 bridgehead atoms. The molecule has 0 aliphatic carbocycles. The van der Waals surface area contributed by atoms with Crippen LogP contribution in [0.15, 0.2) is 41.8 Å². The molecule has 196 valence electrons. The highest BCUT2D eigenvalue weighted by Gasteiger charge is 2.40. The van der Waals surface area contributed by atoms with Crippen molar-refractivity contribution in [1.82, 2.24) is 14.9 Å². The van der Waals surface area contributed by atoms with E-state index < -0.39 is 42.0 Å². The number of carbonyl (C=O) groups is 3. The fourth-order valence-corrected chi connectivity index (χ4v) is 4.05. The molecule has 2 heterocycles. The smallest absolute Gasteiger partial charge is 0.336 e. The monoisotopic (exact) mass is 521 g/mol. The molecule has 1 aromatic heterocycles. The summed E-state index contributed by atoms with van der Waals surface area (Å²) in [6.45, 7) is 4.68. The van der Waals surface area contributed by atoms with E-state index in [9.17, 15) is 19.5 Å². The second-order valence-corrected chi connectivity index (χ2v) is 9.50. The number of rotatable bonds is 9. The van der Waals surface area contributed by atoms with Crippen LogP contribution >= 0.6 is 11.8 Å². The maximum atomic E-state index is 10.9. The lowest BCUT2D eigenvalue weighted by molar-refractivity contribution is -0.170. The van der Waals surface area contributed by atoms with E-state index in [0.717, 1.165) is 48.8 Å². The molecule has 1 fully saturated rings. The number of hydrogen-bond donors (Lipinski definition) is 5. The number of nitrogens with zero attached hydrogens (tertiary/aromatic N) is 3. The highest BCUT2D eigenvalue weighted by molar-refractivity contribution is 7.98. The van der Waals surface area contributed by atoms with Crippen molar-refractivity contribution in [3.05, 3.63) is 53.3 Å². The Morgan fingerprint density at radius 1 is 1.00 bits per heavy atom. The molecule has 11 nitrogen and oxygen atoms in total. The number of carboxylic acid groups (broad SMARTS) is 3.